The molecule has 150 valence electrons. The summed E-state index contributed by atoms with van der Waals surface area (Å²) in [6.45, 7) is 1.19. The smallest absolute Gasteiger partial charge is 0.333 e. The molecule has 0 aliphatic heterocycles. The highest BCUT2D eigenvalue weighted by molar-refractivity contribution is 5.89. The lowest BCUT2D eigenvalue weighted by Gasteiger charge is -2.29. The number of halogens is 2. The average molecular weight is 391 g/mol. The summed E-state index contributed by atoms with van der Waals surface area (Å²) in [7, 11) is 0. The Morgan fingerprint density at radius 2 is 2.07 bits per heavy atom. The van der Waals surface area contributed by atoms with Crippen LogP contribution in [0.3, 0.4) is 0 Å². The normalized spacial score (nSPS) is 13.8. The summed E-state index contributed by atoms with van der Waals surface area (Å²) in [6, 6.07) is 1.70. The molecule has 0 spiro atoms. The van der Waals surface area contributed by atoms with E-state index < -0.39 is 12.1 Å². The molecule has 0 fully saturated rings. The van der Waals surface area contributed by atoms with Gasteiger partial charge in [0, 0.05) is 23.5 Å². The molecule has 3 rings (SSSR count). The third-order valence-electron chi connectivity index (χ3n) is 4.54. The lowest BCUT2D eigenvalue weighted by molar-refractivity contribution is 0.0566. The van der Waals surface area contributed by atoms with Gasteiger partial charge in [0.25, 0.3) is 0 Å². The Balaban J connectivity index is 1.99. The molecule has 10 heteroatoms. The summed E-state index contributed by atoms with van der Waals surface area (Å²) in [4.78, 5) is 12.8. The number of anilines is 2. The minimum Gasteiger partial charge on any atom is -0.394 e. The highest BCUT2D eigenvalue weighted by Gasteiger charge is 2.25. The van der Waals surface area contributed by atoms with Crippen molar-refractivity contribution >= 4 is 22.8 Å². The number of aliphatic hydroxyl groups excluding tert-OH is 1. The molecule has 0 radical (unpaired) electrons. The Morgan fingerprint density at radius 1 is 1.29 bits per heavy atom. The van der Waals surface area contributed by atoms with Gasteiger partial charge in [-0.3, -0.25) is 4.98 Å². The first-order valence-corrected chi connectivity index (χ1v) is 9.00. The fourth-order valence-electron chi connectivity index (χ4n) is 2.91. The molecule has 0 aromatic carbocycles. The van der Waals surface area contributed by atoms with Crippen LogP contribution in [0.25, 0.3) is 22.2 Å². The van der Waals surface area contributed by atoms with Crippen LogP contribution in [0, 0.1) is 0 Å². The molecule has 3 heterocycles. The summed E-state index contributed by atoms with van der Waals surface area (Å²) < 4.78 is 26.1. The van der Waals surface area contributed by atoms with Crippen LogP contribution in [0.2, 0.25) is 0 Å². The van der Waals surface area contributed by atoms with Crippen molar-refractivity contribution in [1.29, 1.82) is 0 Å². The van der Waals surface area contributed by atoms with Crippen LogP contribution in [-0.4, -0.2) is 42.0 Å². The Morgan fingerprint density at radius 3 is 2.71 bits per heavy atom. The van der Waals surface area contributed by atoms with Crippen LogP contribution in [-0.2, 0) is 0 Å². The quantitative estimate of drug-likeness (QED) is 0.540. The van der Waals surface area contributed by atoms with Crippen molar-refractivity contribution in [3.8, 4) is 11.1 Å². The predicted octanol–water partition coefficient (Wildman–Crippen LogP) is 3.22. The summed E-state index contributed by atoms with van der Waals surface area (Å²) >= 11 is 0. The number of fused-ring (bicyclic) bond motifs is 1. The number of alkyl halides is 2. The molecule has 4 N–H and O–H groups in total. The van der Waals surface area contributed by atoms with E-state index in [1.807, 2.05) is 6.92 Å². The molecule has 0 aliphatic carbocycles. The fourth-order valence-corrected chi connectivity index (χ4v) is 2.91. The summed E-state index contributed by atoms with van der Waals surface area (Å²) in [5, 5.41) is 16.7. The van der Waals surface area contributed by atoms with Gasteiger partial charge in [-0.25, -0.2) is 9.67 Å². The number of nitrogens with zero attached hydrogens (tertiary/aromatic N) is 5. The van der Waals surface area contributed by atoms with Gasteiger partial charge >= 0.3 is 6.55 Å². The zero-order chi connectivity index (χ0) is 20.3. The van der Waals surface area contributed by atoms with Crippen LogP contribution in [0.15, 0.2) is 24.7 Å². The van der Waals surface area contributed by atoms with Gasteiger partial charge in [-0.15, -0.1) is 0 Å². The number of aromatic nitrogens is 5. The van der Waals surface area contributed by atoms with E-state index in [4.69, 9.17) is 5.73 Å². The van der Waals surface area contributed by atoms with Gasteiger partial charge in [0.2, 0.25) is 5.95 Å². The Labute approximate surface area is 160 Å². The van der Waals surface area contributed by atoms with Crippen LogP contribution in [0.4, 0.5) is 20.5 Å². The number of nitrogens with one attached hydrogen (secondary N) is 1. The number of pyridine rings is 1. The largest absolute Gasteiger partial charge is 0.394 e. The SMILES string of the molecule is CCCC[C@](C)(CO)Nc1nc(N)nc2cc(-c3cnn(C(F)F)c3)cnc12. The molecule has 0 amide bonds. The second-order valence-electron chi connectivity index (χ2n) is 6.96. The third-order valence-corrected chi connectivity index (χ3v) is 4.54. The number of unbranched alkanes of at least 4 members (excludes halogenated alkanes) is 1. The van der Waals surface area contributed by atoms with Crippen molar-refractivity contribution in [2.45, 2.75) is 45.2 Å². The van der Waals surface area contributed by atoms with E-state index in [1.165, 1.54) is 12.4 Å². The zero-order valence-electron chi connectivity index (χ0n) is 15.7. The number of hydrogen-bond donors (Lipinski definition) is 3. The van der Waals surface area contributed by atoms with E-state index in [2.05, 4.69) is 32.3 Å². The standard InChI is InChI=1S/C18H23F2N7O/c1-3-4-5-18(2,10-28)26-15-14-13(24-17(21)25-15)6-11(7-22-14)12-8-23-27(9-12)16(19)20/h6-9,16,28H,3-5,10H2,1-2H3,(H3,21,24,25,26)/t18-/m1/s1. The molecular weight excluding hydrogens is 368 g/mol. The van der Waals surface area contributed by atoms with Crippen LogP contribution in [0.5, 0.6) is 0 Å². The number of rotatable bonds is 8. The zero-order valence-corrected chi connectivity index (χ0v) is 15.7. The van der Waals surface area contributed by atoms with Gasteiger partial charge in [0.05, 0.1) is 23.9 Å². The molecule has 28 heavy (non-hydrogen) atoms. The van der Waals surface area contributed by atoms with Gasteiger partial charge in [-0.2, -0.15) is 18.9 Å². The minimum atomic E-state index is -2.71. The lowest BCUT2D eigenvalue weighted by atomic mass is 9.96. The van der Waals surface area contributed by atoms with Gasteiger partial charge in [-0.1, -0.05) is 19.8 Å². The van der Waals surface area contributed by atoms with E-state index in [0.29, 0.717) is 32.7 Å². The second-order valence-corrected chi connectivity index (χ2v) is 6.96. The molecular formula is C18H23F2N7O. The molecule has 1 atom stereocenters. The molecule has 0 saturated carbocycles. The molecule has 0 bridgehead atoms. The topological polar surface area (TPSA) is 115 Å². The number of hydrogen-bond acceptors (Lipinski definition) is 7. The van der Waals surface area contributed by atoms with E-state index in [0.717, 1.165) is 19.3 Å². The van der Waals surface area contributed by atoms with Crippen molar-refractivity contribution in [3.63, 3.8) is 0 Å². The Kier molecular flexibility index (Phi) is 5.68. The van der Waals surface area contributed by atoms with Crippen molar-refractivity contribution in [2.24, 2.45) is 0 Å². The molecule has 0 aliphatic rings. The van der Waals surface area contributed by atoms with E-state index in [-0.39, 0.29) is 12.6 Å². The summed E-state index contributed by atoms with van der Waals surface area (Å²) in [5.41, 5.74) is 7.29. The van der Waals surface area contributed by atoms with Crippen molar-refractivity contribution in [2.75, 3.05) is 17.7 Å². The van der Waals surface area contributed by atoms with Crippen molar-refractivity contribution in [3.05, 3.63) is 24.7 Å². The average Bonchev–Trinajstić information content (AvgIpc) is 3.16. The van der Waals surface area contributed by atoms with Crippen LogP contribution in [0.1, 0.15) is 39.7 Å². The minimum absolute atomic E-state index is 0.0491. The van der Waals surface area contributed by atoms with Gasteiger partial charge < -0.3 is 16.2 Å². The maximum Gasteiger partial charge on any atom is 0.333 e. The summed E-state index contributed by atoms with van der Waals surface area (Å²) in [5.74, 6) is 0.470. The maximum absolute atomic E-state index is 12.8. The Hall–Kier alpha value is -2.88. The van der Waals surface area contributed by atoms with Crippen LogP contribution >= 0.6 is 0 Å². The summed E-state index contributed by atoms with van der Waals surface area (Å²) in [6.07, 6.45) is 6.81. The highest BCUT2D eigenvalue weighted by Crippen LogP contribution is 2.28. The molecule has 0 unspecified atom stereocenters. The first kappa shape index (κ1) is 19.9. The monoisotopic (exact) mass is 391 g/mol. The third kappa shape index (κ3) is 4.16. The van der Waals surface area contributed by atoms with Gasteiger partial charge in [-0.05, 0) is 19.4 Å². The van der Waals surface area contributed by atoms with Crippen molar-refractivity contribution in [1.82, 2.24) is 24.7 Å². The highest BCUT2D eigenvalue weighted by atomic mass is 19.3. The Bertz CT molecular complexity index is 962. The molecule has 8 nitrogen and oxygen atoms in total. The molecule has 0 saturated heterocycles. The molecule has 3 aromatic heterocycles. The first-order chi connectivity index (χ1) is 13.3. The lowest BCUT2D eigenvalue weighted by Crippen LogP contribution is -2.39. The number of aliphatic hydroxyl groups is 1. The van der Waals surface area contributed by atoms with Crippen molar-refractivity contribution < 1.29 is 13.9 Å². The van der Waals surface area contributed by atoms with E-state index in [1.54, 1.807) is 12.3 Å². The van der Waals surface area contributed by atoms with E-state index in [9.17, 15) is 13.9 Å². The van der Waals surface area contributed by atoms with Gasteiger partial charge in [0.1, 0.15) is 5.52 Å². The van der Waals surface area contributed by atoms with Gasteiger partial charge in [0.15, 0.2) is 5.82 Å². The maximum atomic E-state index is 12.8. The number of nitrogen functional groups attached to an aromatic ring is 1. The number of nitrogens with two attached hydrogens (primary N) is 1. The predicted molar refractivity (Wildman–Crippen MR) is 103 cm³/mol. The second kappa shape index (κ2) is 8.01. The molecule has 3 aromatic rings. The fraction of sp³-hybridized carbons (Fsp3) is 0.444. The van der Waals surface area contributed by atoms with E-state index >= 15 is 0 Å². The van der Waals surface area contributed by atoms with Crippen LogP contribution < -0.4 is 11.1 Å². The first-order valence-electron chi connectivity index (χ1n) is 9.00.